The molecular weight excluding hydrogens is 403 g/mol. The third-order valence-corrected chi connectivity index (χ3v) is 4.38. The monoisotopic (exact) mass is 416 g/mol. The number of benzene rings is 1. The quantitative estimate of drug-likeness (QED) is 0.726. The van der Waals surface area contributed by atoms with Crippen molar-refractivity contribution in [3.8, 4) is 0 Å². The van der Waals surface area contributed by atoms with Gasteiger partial charge in [0.1, 0.15) is 0 Å². The van der Waals surface area contributed by atoms with Crippen molar-refractivity contribution in [1.29, 1.82) is 0 Å². The van der Waals surface area contributed by atoms with E-state index in [2.05, 4.69) is 55.2 Å². The van der Waals surface area contributed by atoms with Crippen molar-refractivity contribution < 1.29 is 0 Å². The van der Waals surface area contributed by atoms with Gasteiger partial charge < -0.3 is 5.32 Å². The van der Waals surface area contributed by atoms with Crippen LogP contribution in [0.2, 0.25) is 5.02 Å². The normalized spacial score (nSPS) is 12.4. The van der Waals surface area contributed by atoms with Gasteiger partial charge in [-0.2, -0.15) is 0 Å². The number of aromatic nitrogens is 1. The van der Waals surface area contributed by atoms with Crippen LogP contribution < -0.4 is 5.32 Å². The molecule has 0 aliphatic carbocycles. The van der Waals surface area contributed by atoms with Crippen LogP contribution in [0.1, 0.15) is 24.1 Å². The fourth-order valence-corrected chi connectivity index (χ4v) is 3.24. The van der Waals surface area contributed by atoms with Gasteiger partial charge in [0.15, 0.2) is 0 Å². The van der Waals surface area contributed by atoms with Crippen molar-refractivity contribution in [2.75, 3.05) is 6.54 Å². The van der Waals surface area contributed by atoms with Gasteiger partial charge in [-0.25, -0.2) is 0 Å². The van der Waals surface area contributed by atoms with Gasteiger partial charge in [-0.05, 0) is 64.3 Å². The van der Waals surface area contributed by atoms with Gasteiger partial charge in [0.05, 0.1) is 0 Å². The highest BCUT2D eigenvalue weighted by Crippen LogP contribution is 2.29. The van der Waals surface area contributed by atoms with Crippen LogP contribution in [0.4, 0.5) is 0 Å². The molecule has 0 aliphatic rings. The van der Waals surface area contributed by atoms with E-state index < -0.39 is 0 Å². The Balaban J connectivity index is 2.29. The summed E-state index contributed by atoms with van der Waals surface area (Å²) >= 11 is 13.2. The van der Waals surface area contributed by atoms with Crippen molar-refractivity contribution in [3.63, 3.8) is 0 Å². The summed E-state index contributed by atoms with van der Waals surface area (Å²) in [6.45, 7) is 3.00. The summed E-state index contributed by atoms with van der Waals surface area (Å²) in [6.07, 6.45) is 4.55. The van der Waals surface area contributed by atoms with Crippen LogP contribution in [0.5, 0.6) is 0 Å². The average Bonchev–Trinajstić information content (AvgIpc) is 2.41. The standard InChI is InChI=1S/C15H15Br2ClN2/c1-2-20-15(6-10-5-11(16)9-19-8-10)13-7-12(18)3-4-14(13)17/h3-5,7-9,15,20H,2,6H2,1H3. The van der Waals surface area contributed by atoms with E-state index in [0.717, 1.165) is 26.9 Å². The van der Waals surface area contributed by atoms with Gasteiger partial charge in [-0.1, -0.05) is 34.5 Å². The molecule has 0 aliphatic heterocycles. The minimum absolute atomic E-state index is 0.198. The summed E-state index contributed by atoms with van der Waals surface area (Å²) in [4.78, 5) is 4.22. The first-order valence-corrected chi connectivity index (χ1v) is 8.34. The number of nitrogens with one attached hydrogen (secondary N) is 1. The molecule has 2 rings (SSSR count). The lowest BCUT2D eigenvalue weighted by atomic mass is 10.00. The van der Waals surface area contributed by atoms with Gasteiger partial charge in [-0.3, -0.25) is 4.98 Å². The van der Waals surface area contributed by atoms with Crippen LogP contribution in [-0.2, 0) is 6.42 Å². The summed E-state index contributed by atoms with van der Waals surface area (Å²) in [5.41, 5.74) is 2.34. The Morgan fingerprint density at radius 1 is 1.25 bits per heavy atom. The first kappa shape index (κ1) is 16.0. The Morgan fingerprint density at radius 2 is 2.05 bits per heavy atom. The predicted molar refractivity (Wildman–Crippen MR) is 91.2 cm³/mol. The second-order valence-corrected chi connectivity index (χ2v) is 6.70. The molecule has 1 aromatic heterocycles. The Morgan fingerprint density at radius 3 is 2.75 bits per heavy atom. The van der Waals surface area contributed by atoms with E-state index in [4.69, 9.17) is 11.6 Å². The first-order valence-electron chi connectivity index (χ1n) is 6.38. The molecule has 1 N–H and O–H groups in total. The zero-order chi connectivity index (χ0) is 14.5. The van der Waals surface area contributed by atoms with Gasteiger partial charge in [0.25, 0.3) is 0 Å². The average molecular weight is 419 g/mol. The molecule has 0 saturated heterocycles. The zero-order valence-electron chi connectivity index (χ0n) is 11.0. The maximum atomic E-state index is 6.12. The molecule has 0 spiro atoms. The third-order valence-electron chi connectivity index (χ3n) is 2.99. The molecule has 0 saturated carbocycles. The molecule has 1 unspecified atom stereocenters. The van der Waals surface area contributed by atoms with Gasteiger partial charge >= 0.3 is 0 Å². The fourth-order valence-electron chi connectivity index (χ4n) is 2.12. The SMILES string of the molecule is CCNC(Cc1cncc(Br)c1)c1cc(Cl)ccc1Br. The molecule has 0 fully saturated rings. The maximum Gasteiger partial charge on any atom is 0.0410 e. The van der Waals surface area contributed by atoms with E-state index in [-0.39, 0.29) is 6.04 Å². The number of likely N-dealkylation sites (N-methyl/N-ethyl adjacent to an activating group) is 1. The Kier molecular flexibility index (Phi) is 6.02. The largest absolute Gasteiger partial charge is 0.310 e. The van der Waals surface area contributed by atoms with Gasteiger partial charge in [0.2, 0.25) is 0 Å². The molecule has 5 heteroatoms. The minimum Gasteiger partial charge on any atom is -0.310 e. The van der Waals surface area contributed by atoms with E-state index in [1.165, 1.54) is 11.1 Å². The smallest absolute Gasteiger partial charge is 0.0410 e. The van der Waals surface area contributed by atoms with Gasteiger partial charge in [0, 0.05) is 32.4 Å². The van der Waals surface area contributed by atoms with Crippen LogP contribution in [-0.4, -0.2) is 11.5 Å². The van der Waals surface area contributed by atoms with Crippen molar-refractivity contribution in [2.45, 2.75) is 19.4 Å². The van der Waals surface area contributed by atoms with Crippen molar-refractivity contribution in [3.05, 3.63) is 61.8 Å². The maximum absolute atomic E-state index is 6.12. The van der Waals surface area contributed by atoms with Crippen LogP contribution in [0.3, 0.4) is 0 Å². The highest BCUT2D eigenvalue weighted by molar-refractivity contribution is 9.10. The van der Waals surface area contributed by atoms with Gasteiger partial charge in [-0.15, -0.1) is 0 Å². The molecule has 2 nitrogen and oxygen atoms in total. The molecule has 0 radical (unpaired) electrons. The van der Waals surface area contributed by atoms with Crippen LogP contribution >= 0.6 is 43.5 Å². The summed E-state index contributed by atoms with van der Waals surface area (Å²) in [5.74, 6) is 0. The summed E-state index contributed by atoms with van der Waals surface area (Å²) < 4.78 is 2.06. The number of hydrogen-bond acceptors (Lipinski definition) is 2. The molecule has 106 valence electrons. The van der Waals surface area contributed by atoms with E-state index in [0.29, 0.717) is 0 Å². The Bertz CT molecular complexity index is 590. The summed E-state index contributed by atoms with van der Waals surface area (Å²) in [7, 11) is 0. The highest BCUT2D eigenvalue weighted by Gasteiger charge is 2.15. The minimum atomic E-state index is 0.198. The molecule has 1 atom stereocenters. The fraction of sp³-hybridized carbons (Fsp3) is 0.267. The molecule has 0 amide bonds. The second-order valence-electron chi connectivity index (χ2n) is 4.49. The number of halogens is 3. The van der Waals surface area contributed by atoms with Crippen LogP contribution in [0.25, 0.3) is 0 Å². The topological polar surface area (TPSA) is 24.9 Å². The molecule has 1 heterocycles. The predicted octanol–water partition coefficient (Wildman–Crippen LogP) is 5.15. The number of nitrogens with zero attached hydrogens (tertiary/aromatic N) is 1. The number of rotatable bonds is 5. The highest BCUT2D eigenvalue weighted by atomic mass is 79.9. The van der Waals surface area contributed by atoms with Crippen molar-refractivity contribution in [2.24, 2.45) is 0 Å². The third kappa shape index (κ3) is 4.29. The summed E-state index contributed by atoms with van der Waals surface area (Å²) in [6, 6.07) is 8.17. The van der Waals surface area contributed by atoms with E-state index in [1.807, 2.05) is 24.4 Å². The molecule has 20 heavy (non-hydrogen) atoms. The Hall–Kier alpha value is -0.420. The van der Waals surface area contributed by atoms with E-state index in [9.17, 15) is 0 Å². The van der Waals surface area contributed by atoms with Crippen molar-refractivity contribution in [1.82, 2.24) is 10.3 Å². The second kappa shape index (κ2) is 7.55. The zero-order valence-corrected chi connectivity index (χ0v) is 15.0. The van der Waals surface area contributed by atoms with Crippen molar-refractivity contribution >= 4 is 43.5 Å². The van der Waals surface area contributed by atoms with E-state index >= 15 is 0 Å². The molecule has 0 bridgehead atoms. The lowest BCUT2D eigenvalue weighted by Crippen LogP contribution is -2.23. The lowest BCUT2D eigenvalue weighted by molar-refractivity contribution is 0.547. The first-order chi connectivity index (χ1) is 9.60. The number of hydrogen-bond donors (Lipinski definition) is 1. The van der Waals surface area contributed by atoms with Crippen LogP contribution in [0.15, 0.2) is 45.6 Å². The molecular formula is C15H15Br2ClN2. The van der Waals surface area contributed by atoms with Crippen LogP contribution in [0, 0.1) is 0 Å². The Labute approximate surface area is 141 Å². The summed E-state index contributed by atoms with van der Waals surface area (Å²) in [5, 5.41) is 4.25. The number of pyridine rings is 1. The molecule has 1 aromatic carbocycles. The van der Waals surface area contributed by atoms with E-state index in [1.54, 1.807) is 6.20 Å². The molecule has 2 aromatic rings. The lowest BCUT2D eigenvalue weighted by Gasteiger charge is -2.20.